The van der Waals surface area contributed by atoms with E-state index in [-0.39, 0.29) is 11.0 Å². The highest BCUT2D eigenvalue weighted by Gasteiger charge is 2.36. The molecule has 0 N–H and O–H groups in total. The minimum atomic E-state index is -0.0157. The van der Waals surface area contributed by atoms with Crippen molar-refractivity contribution in [3.8, 4) is 0 Å². The first-order chi connectivity index (χ1) is 7.12. The van der Waals surface area contributed by atoms with Crippen LogP contribution in [-0.2, 0) is 4.74 Å². The van der Waals surface area contributed by atoms with Crippen LogP contribution < -0.4 is 0 Å². The number of ether oxygens (including phenoxy) is 1. The summed E-state index contributed by atoms with van der Waals surface area (Å²) >= 11 is 0. The van der Waals surface area contributed by atoms with E-state index in [0.717, 1.165) is 6.61 Å². The molecule has 0 aromatic carbocycles. The van der Waals surface area contributed by atoms with Gasteiger partial charge in [0, 0.05) is 5.41 Å². The highest BCUT2D eigenvalue weighted by atomic mass is 16.5. The molecule has 0 aromatic heterocycles. The van der Waals surface area contributed by atoms with E-state index in [1.807, 2.05) is 0 Å². The zero-order chi connectivity index (χ0) is 12.4. The second-order valence-electron chi connectivity index (χ2n) is 7.32. The van der Waals surface area contributed by atoms with Gasteiger partial charge in [0.1, 0.15) is 0 Å². The fourth-order valence-electron chi connectivity index (χ4n) is 1.78. The van der Waals surface area contributed by atoms with Gasteiger partial charge >= 0.3 is 0 Å². The minimum absolute atomic E-state index is 0.0157. The largest absolute Gasteiger partial charge is 0.375 e. The third-order valence-electron chi connectivity index (χ3n) is 3.08. The highest BCUT2D eigenvalue weighted by molar-refractivity contribution is 5.08. The summed E-state index contributed by atoms with van der Waals surface area (Å²) in [4.78, 5) is 0. The first-order valence-electron chi connectivity index (χ1n) is 6.46. The Hall–Kier alpha value is -0.300. The van der Waals surface area contributed by atoms with Crippen molar-refractivity contribution in [2.24, 2.45) is 10.8 Å². The molecule has 0 bridgehead atoms. The van der Waals surface area contributed by atoms with Crippen LogP contribution in [0.4, 0.5) is 0 Å². The Balaban J connectivity index is 2.55. The van der Waals surface area contributed by atoms with E-state index in [1.54, 1.807) is 0 Å². The second-order valence-corrected chi connectivity index (χ2v) is 7.32. The Kier molecular flexibility index (Phi) is 3.89. The quantitative estimate of drug-likeness (QED) is 0.638. The van der Waals surface area contributed by atoms with Gasteiger partial charge < -0.3 is 4.74 Å². The lowest BCUT2D eigenvalue weighted by Gasteiger charge is -2.41. The average Bonchev–Trinajstić information content (AvgIpc) is 1.97. The number of rotatable bonds is 3. The SMILES string of the molecule is CC(C)(C)C=CC1(COC(C)(C)C)CCC1. The van der Waals surface area contributed by atoms with Crippen LogP contribution in [0.1, 0.15) is 60.8 Å². The molecule has 0 aliphatic heterocycles. The van der Waals surface area contributed by atoms with E-state index in [2.05, 4.69) is 53.7 Å². The van der Waals surface area contributed by atoms with Gasteiger partial charge in [-0.1, -0.05) is 39.3 Å². The Labute approximate surface area is 101 Å². The lowest BCUT2D eigenvalue weighted by molar-refractivity contribution is -0.0600. The molecule has 1 aliphatic carbocycles. The Morgan fingerprint density at radius 1 is 1.06 bits per heavy atom. The van der Waals surface area contributed by atoms with E-state index in [1.165, 1.54) is 19.3 Å². The normalized spacial score (nSPS) is 21.1. The van der Waals surface area contributed by atoms with Crippen LogP contribution in [-0.4, -0.2) is 12.2 Å². The van der Waals surface area contributed by atoms with Crippen LogP contribution in [0.2, 0.25) is 0 Å². The van der Waals surface area contributed by atoms with Crippen LogP contribution in [0.5, 0.6) is 0 Å². The van der Waals surface area contributed by atoms with E-state index >= 15 is 0 Å². The third-order valence-corrected chi connectivity index (χ3v) is 3.08. The zero-order valence-corrected chi connectivity index (χ0v) is 11.9. The summed E-state index contributed by atoms with van der Waals surface area (Å²) in [5.41, 5.74) is 0.600. The van der Waals surface area contributed by atoms with Crippen molar-refractivity contribution in [2.45, 2.75) is 66.4 Å². The van der Waals surface area contributed by atoms with Gasteiger partial charge in [0.15, 0.2) is 0 Å². The van der Waals surface area contributed by atoms with Gasteiger partial charge in [0.2, 0.25) is 0 Å². The maximum absolute atomic E-state index is 5.95. The number of hydrogen-bond donors (Lipinski definition) is 0. The molecule has 0 spiro atoms. The molecule has 94 valence electrons. The number of allylic oxidation sites excluding steroid dienone is 1. The molecule has 1 saturated carbocycles. The monoisotopic (exact) mass is 224 g/mol. The lowest BCUT2D eigenvalue weighted by Crippen LogP contribution is -2.36. The van der Waals surface area contributed by atoms with Crippen molar-refractivity contribution in [1.82, 2.24) is 0 Å². The molecule has 0 atom stereocenters. The van der Waals surface area contributed by atoms with E-state index in [9.17, 15) is 0 Å². The third kappa shape index (κ3) is 4.69. The molecule has 0 amide bonds. The minimum Gasteiger partial charge on any atom is -0.375 e. The fraction of sp³-hybridized carbons (Fsp3) is 0.867. The van der Waals surface area contributed by atoms with Crippen LogP contribution in [0.25, 0.3) is 0 Å². The Morgan fingerprint density at radius 3 is 1.94 bits per heavy atom. The maximum Gasteiger partial charge on any atom is 0.0598 e. The van der Waals surface area contributed by atoms with Gasteiger partial charge in [-0.25, -0.2) is 0 Å². The predicted octanol–water partition coefficient (Wildman–Crippen LogP) is 4.57. The summed E-state index contributed by atoms with van der Waals surface area (Å²) in [6, 6.07) is 0. The molecule has 0 radical (unpaired) electrons. The van der Waals surface area contributed by atoms with E-state index in [4.69, 9.17) is 4.74 Å². The molecule has 0 saturated heterocycles. The maximum atomic E-state index is 5.95. The molecule has 1 rings (SSSR count). The van der Waals surface area contributed by atoms with Gasteiger partial charge in [0.05, 0.1) is 12.2 Å². The molecule has 0 heterocycles. The topological polar surface area (TPSA) is 9.23 Å². The molecule has 1 heteroatoms. The van der Waals surface area contributed by atoms with Crippen molar-refractivity contribution < 1.29 is 4.74 Å². The van der Waals surface area contributed by atoms with Crippen LogP contribution in [0, 0.1) is 10.8 Å². The van der Waals surface area contributed by atoms with Crippen molar-refractivity contribution >= 4 is 0 Å². The average molecular weight is 224 g/mol. The van der Waals surface area contributed by atoms with Gasteiger partial charge in [0.25, 0.3) is 0 Å². The van der Waals surface area contributed by atoms with Gasteiger partial charge in [-0.2, -0.15) is 0 Å². The summed E-state index contributed by atoms with van der Waals surface area (Å²) in [6.45, 7) is 14.0. The second kappa shape index (κ2) is 4.52. The molecule has 1 aliphatic rings. The fourth-order valence-corrected chi connectivity index (χ4v) is 1.78. The van der Waals surface area contributed by atoms with Crippen LogP contribution >= 0.6 is 0 Å². The standard InChI is InChI=1S/C15H28O/c1-13(2,3)10-11-15(8-7-9-15)12-16-14(4,5)6/h10-11H,7-9,12H2,1-6H3. The first kappa shape index (κ1) is 13.8. The molecule has 0 unspecified atom stereocenters. The van der Waals surface area contributed by atoms with Gasteiger partial charge in [-0.15, -0.1) is 0 Å². The molecule has 16 heavy (non-hydrogen) atoms. The summed E-state index contributed by atoms with van der Waals surface area (Å²) in [5.74, 6) is 0. The summed E-state index contributed by atoms with van der Waals surface area (Å²) in [6.07, 6.45) is 8.67. The predicted molar refractivity (Wildman–Crippen MR) is 70.6 cm³/mol. The lowest BCUT2D eigenvalue weighted by atomic mass is 9.68. The smallest absolute Gasteiger partial charge is 0.0598 e. The molecular formula is C15H28O. The van der Waals surface area contributed by atoms with Gasteiger partial charge in [-0.05, 0) is 39.0 Å². The Bertz CT molecular complexity index is 246. The first-order valence-corrected chi connectivity index (χ1v) is 6.46. The molecule has 0 aromatic rings. The number of hydrogen-bond acceptors (Lipinski definition) is 1. The van der Waals surface area contributed by atoms with E-state index < -0.39 is 0 Å². The summed E-state index contributed by atoms with van der Waals surface area (Å²) in [5, 5.41) is 0. The molecular weight excluding hydrogens is 196 g/mol. The van der Waals surface area contributed by atoms with Crippen LogP contribution in [0.3, 0.4) is 0 Å². The molecule has 1 fully saturated rings. The highest BCUT2D eigenvalue weighted by Crippen LogP contribution is 2.44. The van der Waals surface area contributed by atoms with Crippen molar-refractivity contribution in [1.29, 1.82) is 0 Å². The van der Waals surface area contributed by atoms with Crippen molar-refractivity contribution in [3.63, 3.8) is 0 Å². The summed E-state index contributed by atoms with van der Waals surface area (Å²) in [7, 11) is 0. The molecule has 1 nitrogen and oxygen atoms in total. The van der Waals surface area contributed by atoms with E-state index in [0.29, 0.717) is 5.41 Å². The summed E-state index contributed by atoms with van der Waals surface area (Å²) < 4.78 is 5.95. The van der Waals surface area contributed by atoms with Gasteiger partial charge in [-0.3, -0.25) is 0 Å². The Morgan fingerprint density at radius 2 is 1.62 bits per heavy atom. The van der Waals surface area contributed by atoms with Crippen molar-refractivity contribution in [2.75, 3.05) is 6.61 Å². The van der Waals surface area contributed by atoms with Crippen molar-refractivity contribution in [3.05, 3.63) is 12.2 Å². The van der Waals surface area contributed by atoms with Crippen LogP contribution in [0.15, 0.2) is 12.2 Å². The zero-order valence-electron chi connectivity index (χ0n) is 11.9.